The van der Waals surface area contributed by atoms with Crippen molar-refractivity contribution in [1.82, 2.24) is 24.9 Å². The summed E-state index contributed by atoms with van der Waals surface area (Å²) in [5, 5.41) is 0. The van der Waals surface area contributed by atoms with Gasteiger partial charge >= 0.3 is 6.18 Å². The second-order valence-corrected chi connectivity index (χ2v) is 10.3. The van der Waals surface area contributed by atoms with Gasteiger partial charge in [0.25, 0.3) is 5.88 Å². The van der Waals surface area contributed by atoms with Crippen LogP contribution in [0.1, 0.15) is 61.4 Å². The van der Waals surface area contributed by atoms with Gasteiger partial charge in [-0.05, 0) is 43.7 Å². The number of anilines is 1. The molecule has 0 spiro atoms. The van der Waals surface area contributed by atoms with Crippen molar-refractivity contribution >= 4 is 5.82 Å². The van der Waals surface area contributed by atoms with Crippen molar-refractivity contribution in [2.75, 3.05) is 38.3 Å². The lowest BCUT2D eigenvalue weighted by atomic mass is 9.97. The number of halogens is 3. The molecule has 0 N–H and O–H groups in total. The van der Waals surface area contributed by atoms with Crippen LogP contribution in [-0.4, -0.2) is 58.3 Å². The molecule has 1 saturated carbocycles. The van der Waals surface area contributed by atoms with E-state index in [0.29, 0.717) is 66.9 Å². The molecule has 0 amide bonds. The Balaban J connectivity index is 1.19. The lowest BCUT2D eigenvalue weighted by Gasteiger charge is -2.32. The summed E-state index contributed by atoms with van der Waals surface area (Å²) in [7, 11) is 1.57. The number of rotatable bonds is 7. The van der Waals surface area contributed by atoms with Crippen molar-refractivity contribution in [2.24, 2.45) is 5.92 Å². The summed E-state index contributed by atoms with van der Waals surface area (Å²) in [5.41, 5.74) is 1.67. The van der Waals surface area contributed by atoms with Gasteiger partial charge in [-0.2, -0.15) is 18.2 Å². The maximum atomic E-state index is 13.1. The summed E-state index contributed by atoms with van der Waals surface area (Å²) in [6.45, 7) is 4.12. The Kier molecular flexibility index (Phi) is 6.64. The first kappa shape index (κ1) is 25.6. The van der Waals surface area contributed by atoms with Gasteiger partial charge in [-0.3, -0.25) is 0 Å². The van der Waals surface area contributed by atoms with Crippen molar-refractivity contribution in [2.45, 2.75) is 50.6 Å². The number of aromatic nitrogens is 5. The fraction of sp³-hybridized carbons (Fsp3) is 0.519. The van der Waals surface area contributed by atoms with E-state index in [-0.39, 0.29) is 11.8 Å². The van der Waals surface area contributed by atoms with Crippen LogP contribution in [-0.2, 0) is 6.18 Å². The molecule has 3 aromatic rings. The average Bonchev–Trinajstić information content (AvgIpc) is 3.73. The van der Waals surface area contributed by atoms with E-state index in [0.717, 1.165) is 49.2 Å². The standard InChI is InChI=1S/C27H29F3N6O3/c1-15-12-38-23-21(15)34-24(20-22(17-3-4-17)32-14-33-25(20)37-2)35-26(23)39-13-16-6-9-36(10-7-16)19-11-18(5-8-31-19)27(28,29)30/h5,8,11,14-17H,3-4,6-7,9-10,12-13H2,1-2H3. The minimum Gasteiger partial charge on any atom is -0.486 e. The molecular weight excluding hydrogens is 513 g/mol. The highest BCUT2D eigenvalue weighted by molar-refractivity contribution is 5.67. The molecule has 2 aliphatic heterocycles. The molecule has 12 heteroatoms. The minimum absolute atomic E-state index is 0.0762. The van der Waals surface area contributed by atoms with Gasteiger partial charge in [-0.15, -0.1) is 0 Å². The van der Waals surface area contributed by atoms with E-state index in [2.05, 4.69) is 15.0 Å². The van der Waals surface area contributed by atoms with E-state index in [1.807, 2.05) is 11.8 Å². The van der Waals surface area contributed by atoms with Crippen molar-refractivity contribution in [3.05, 3.63) is 41.6 Å². The average molecular weight is 543 g/mol. The summed E-state index contributed by atoms with van der Waals surface area (Å²) >= 11 is 0. The Hall–Kier alpha value is -3.70. The molecule has 1 atom stereocenters. The highest BCUT2D eigenvalue weighted by atomic mass is 19.4. The van der Waals surface area contributed by atoms with Crippen LogP contribution in [0.3, 0.4) is 0 Å². The molecule has 9 nitrogen and oxygen atoms in total. The van der Waals surface area contributed by atoms with Gasteiger partial charge in [-0.25, -0.2) is 19.9 Å². The molecule has 206 valence electrons. The van der Waals surface area contributed by atoms with E-state index in [1.165, 1.54) is 12.5 Å². The number of alkyl halides is 3. The van der Waals surface area contributed by atoms with Gasteiger partial charge in [0.1, 0.15) is 17.7 Å². The minimum atomic E-state index is -4.39. The lowest BCUT2D eigenvalue weighted by molar-refractivity contribution is -0.137. The van der Waals surface area contributed by atoms with Crippen LogP contribution in [0.4, 0.5) is 19.0 Å². The van der Waals surface area contributed by atoms with Gasteiger partial charge in [-0.1, -0.05) is 6.92 Å². The second kappa shape index (κ2) is 10.1. The number of pyridine rings is 1. The van der Waals surface area contributed by atoms with Crippen LogP contribution in [0.5, 0.6) is 17.5 Å². The quantitative estimate of drug-likeness (QED) is 0.408. The predicted octanol–water partition coefficient (Wildman–Crippen LogP) is 5.02. The van der Waals surface area contributed by atoms with Gasteiger partial charge in [0.05, 0.1) is 37.3 Å². The zero-order valence-electron chi connectivity index (χ0n) is 21.7. The Morgan fingerprint density at radius 3 is 2.54 bits per heavy atom. The first-order valence-electron chi connectivity index (χ1n) is 13.2. The Morgan fingerprint density at radius 1 is 1.03 bits per heavy atom. The van der Waals surface area contributed by atoms with E-state index >= 15 is 0 Å². The number of piperidine rings is 1. The third-order valence-electron chi connectivity index (χ3n) is 7.50. The molecule has 0 aromatic carbocycles. The number of hydrogen-bond donors (Lipinski definition) is 0. The summed E-state index contributed by atoms with van der Waals surface area (Å²) in [6.07, 6.45) is 1.93. The molecule has 1 aliphatic carbocycles. The Labute approximate surface area is 223 Å². The lowest BCUT2D eigenvalue weighted by Crippen LogP contribution is -2.36. The summed E-state index contributed by atoms with van der Waals surface area (Å²) in [4.78, 5) is 24.5. The monoisotopic (exact) mass is 542 g/mol. The van der Waals surface area contributed by atoms with Crippen LogP contribution in [0.25, 0.3) is 11.4 Å². The molecule has 1 saturated heterocycles. The molecule has 0 bridgehead atoms. The molecule has 2 fully saturated rings. The normalized spacial score (nSPS) is 19.5. The third kappa shape index (κ3) is 5.16. The van der Waals surface area contributed by atoms with Crippen molar-refractivity contribution in [3.8, 4) is 28.9 Å². The van der Waals surface area contributed by atoms with E-state index in [1.54, 1.807) is 7.11 Å². The van der Waals surface area contributed by atoms with E-state index in [9.17, 15) is 13.2 Å². The third-order valence-corrected chi connectivity index (χ3v) is 7.50. The first-order chi connectivity index (χ1) is 18.8. The number of ether oxygens (including phenoxy) is 3. The van der Waals surface area contributed by atoms with Crippen molar-refractivity contribution in [3.63, 3.8) is 0 Å². The van der Waals surface area contributed by atoms with Gasteiger partial charge < -0.3 is 19.1 Å². The molecule has 39 heavy (non-hydrogen) atoms. The number of methoxy groups -OCH3 is 1. The van der Waals surface area contributed by atoms with Crippen LogP contribution < -0.4 is 19.1 Å². The topological polar surface area (TPSA) is 95.4 Å². The summed E-state index contributed by atoms with van der Waals surface area (Å²) in [5.74, 6) is 2.79. The molecule has 3 aliphatic rings. The smallest absolute Gasteiger partial charge is 0.416 e. The SMILES string of the molecule is COc1ncnc(C2CC2)c1-c1nc(OCC2CCN(c3cc(C(F)(F)F)ccn3)CC2)c2c(n1)C(C)CO2. The summed E-state index contributed by atoms with van der Waals surface area (Å²) in [6, 6.07) is 2.10. The Bertz CT molecular complexity index is 1360. The van der Waals surface area contributed by atoms with E-state index in [4.69, 9.17) is 24.2 Å². The van der Waals surface area contributed by atoms with E-state index < -0.39 is 11.7 Å². The van der Waals surface area contributed by atoms with Gasteiger partial charge in [0.2, 0.25) is 11.6 Å². The second-order valence-electron chi connectivity index (χ2n) is 10.3. The summed E-state index contributed by atoms with van der Waals surface area (Å²) < 4.78 is 57.1. The first-order valence-corrected chi connectivity index (χ1v) is 13.2. The number of fused-ring (bicyclic) bond motifs is 1. The highest BCUT2D eigenvalue weighted by Crippen LogP contribution is 2.47. The van der Waals surface area contributed by atoms with Gasteiger partial charge in [0, 0.05) is 31.1 Å². The van der Waals surface area contributed by atoms with Crippen LogP contribution in [0, 0.1) is 5.92 Å². The van der Waals surface area contributed by atoms with Crippen LogP contribution in [0.15, 0.2) is 24.7 Å². The fourth-order valence-electron chi connectivity index (χ4n) is 5.12. The van der Waals surface area contributed by atoms with Gasteiger partial charge in [0.15, 0.2) is 5.82 Å². The largest absolute Gasteiger partial charge is 0.486 e. The van der Waals surface area contributed by atoms with Crippen molar-refractivity contribution in [1.29, 1.82) is 0 Å². The molecule has 0 radical (unpaired) electrons. The fourth-order valence-corrected chi connectivity index (χ4v) is 5.12. The van der Waals surface area contributed by atoms with Crippen molar-refractivity contribution < 1.29 is 27.4 Å². The Morgan fingerprint density at radius 2 is 1.82 bits per heavy atom. The maximum Gasteiger partial charge on any atom is 0.416 e. The maximum absolute atomic E-state index is 13.1. The molecule has 5 heterocycles. The zero-order valence-corrected chi connectivity index (χ0v) is 21.7. The molecule has 1 unspecified atom stereocenters. The predicted molar refractivity (Wildman–Crippen MR) is 135 cm³/mol. The van der Waals surface area contributed by atoms with Crippen LogP contribution >= 0.6 is 0 Å². The number of hydrogen-bond acceptors (Lipinski definition) is 9. The molecule has 6 rings (SSSR count). The molecule has 3 aromatic heterocycles. The zero-order chi connectivity index (χ0) is 27.1. The highest BCUT2D eigenvalue weighted by Gasteiger charge is 2.35. The molecular formula is C27H29F3N6O3. The number of nitrogens with zero attached hydrogens (tertiary/aromatic N) is 6. The van der Waals surface area contributed by atoms with Crippen LogP contribution in [0.2, 0.25) is 0 Å².